The van der Waals surface area contributed by atoms with Crippen molar-refractivity contribution in [3.8, 4) is 11.4 Å². The van der Waals surface area contributed by atoms with Crippen LogP contribution in [0.15, 0.2) is 52.1 Å². The number of imidazole rings is 1. The Morgan fingerprint density at radius 1 is 1.24 bits per heavy atom. The average molecular weight is 410 g/mol. The van der Waals surface area contributed by atoms with Crippen molar-refractivity contribution < 1.29 is 14.2 Å². The monoisotopic (exact) mass is 410 g/mol. The maximum atomic E-state index is 11.2. The van der Waals surface area contributed by atoms with E-state index >= 15 is 0 Å². The van der Waals surface area contributed by atoms with Gasteiger partial charge < -0.3 is 9.26 Å². The van der Waals surface area contributed by atoms with Crippen LogP contribution in [0.3, 0.4) is 0 Å². The molecule has 8 nitrogen and oxygen atoms in total. The van der Waals surface area contributed by atoms with Crippen molar-refractivity contribution in [1.29, 1.82) is 0 Å². The number of fused-ring (bicyclic) bond motifs is 1. The number of hydrogen-bond donors (Lipinski definition) is 0. The fourth-order valence-corrected chi connectivity index (χ4v) is 4.32. The summed E-state index contributed by atoms with van der Waals surface area (Å²) in [5.74, 6) is 2.07. The molecule has 2 aromatic carbocycles. The first-order chi connectivity index (χ1) is 14.0. The van der Waals surface area contributed by atoms with Crippen molar-refractivity contribution in [2.24, 2.45) is 0 Å². The minimum absolute atomic E-state index is 0.00412. The predicted molar refractivity (Wildman–Crippen MR) is 110 cm³/mol. The van der Waals surface area contributed by atoms with Gasteiger partial charge in [-0.1, -0.05) is 29.1 Å². The molecule has 2 aromatic heterocycles. The highest BCUT2D eigenvalue weighted by Crippen LogP contribution is 2.35. The third kappa shape index (κ3) is 3.44. The minimum Gasteiger partial charge on any atom is -0.495 e. The zero-order chi connectivity index (χ0) is 20.5. The highest BCUT2D eigenvalue weighted by Gasteiger charge is 2.19. The van der Waals surface area contributed by atoms with Gasteiger partial charge >= 0.3 is 0 Å². The highest BCUT2D eigenvalue weighted by atomic mass is 32.2. The molecule has 0 unspecified atom stereocenters. The molecule has 0 saturated carbocycles. The SMILES string of the molecule is COc1ccccc1-n1c(SCc2c(C)noc2C)nc2cc([N+](=O)[O-])ccc21. The van der Waals surface area contributed by atoms with E-state index in [1.54, 1.807) is 13.2 Å². The number of aromatic nitrogens is 3. The Labute approximate surface area is 170 Å². The topological polar surface area (TPSA) is 96.2 Å². The fourth-order valence-electron chi connectivity index (χ4n) is 3.15. The number of hydrogen-bond acceptors (Lipinski definition) is 7. The summed E-state index contributed by atoms with van der Waals surface area (Å²) in [7, 11) is 1.61. The highest BCUT2D eigenvalue weighted by molar-refractivity contribution is 7.98. The second kappa shape index (κ2) is 7.59. The van der Waals surface area contributed by atoms with Gasteiger partial charge in [-0.2, -0.15) is 0 Å². The van der Waals surface area contributed by atoms with Crippen molar-refractivity contribution in [3.05, 3.63) is 69.6 Å². The van der Waals surface area contributed by atoms with Crippen LogP contribution in [-0.2, 0) is 5.75 Å². The van der Waals surface area contributed by atoms with Crippen LogP contribution in [0.5, 0.6) is 5.75 Å². The number of aryl methyl sites for hydroxylation is 2. The van der Waals surface area contributed by atoms with Gasteiger partial charge in [0, 0.05) is 23.4 Å². The number of rotatable bonds is 6. The van der Waals surface area contributed by atoms with Gasteiger partial charge in [-0.05, 0) is 32.0 Å². The second-order valence-electron chi connectivity index (χ2n) is 6.42. The number of thioether (sulfide) groups is 1. The van der Waals surface area contributed by atoms with Crippen LogP contribution < -0.4 is 4.74 Å². The molecule has 148 valence electrons. The third-order valence-corrected chi connectivity index (χ3v) is 5.64. The van der Waals surface area contributed by atoms with E-state index in [4.69, 9.17) is 9.26 Å². The van der Waals surface area contributed by atoms with Crippen molar-refractivity contribution in [1.82, 2.24) is 14.7 Å². The molecule has 0 fully saturated rings. The molecular weight excluding hydrogens is 392 g/mol. The number of ether oxygens (including phenoxy) is 1. The van der Waals surface area contributed by atoms with Crippen LogP contribution in [-0.4, -0.2) is 26.7 Å². The molecule has 0 spiro atoms. The van der Waals surface area contributed by atoms with E-state index in [2.05, 4.69) is 10.1 Å². The smallest absolute Gasteiger partial charge is 0.271 e. The van der Waals surface area contributed by atoms with Crippen LogP contribution in [0.1, 0.15) is 17.0 Å². The summed E-state index contributed by atoms with van der Waals surface area (Å²) >= 11 is 1.51. The van der Waals surface area contributed by atoms with Gasteiger partial charge in [0.15, 0.2) is 5.16 Å². The molecule has 0 N–H and O–H groups in total. The summed E-state index contributed by atoms with van der Waals surface area (Å²) in [6, 6.07) is 12.3. The number of nitro groups is 1. The van der Waals surface area contributed by atoms with E-state index in [-0.39, 0.29) is 5.69 Å². The van der Waals surface area contributed by atoms with E-state index in [0.29, 0.717) is 22.2 Å². The molecule has 0 aliphatic carbocycles. The Balaban J connectivity index is 1.86. The normalized spacial score (nSPS) is 11.1. The summed E-state index contributed by atoms with van der Waals surface area (Å²) in [5.41, 5.74) is 3.98. The molecule has 9 heteroatoms. The number of benzene rings is 2. The van der Waals surface area contributed by atoms with Gasteiger partial charge in [0.05, 0.1) is 34.4 Å². The quantitative estimate of drug-likeness (QED) is 0.255. The lowest BCUT2D eigenvalue weighted by molar-refractivity contribution is -0.384. The van der Waals surface area contributed by atoms with Gasteiger partial charge in [0.2, 0.25) is 0 Å². The Morgan fingerprint density at radius 3 is 2.72 bits per heavy atom. The molecule has 0 amide bonds. The van der Waals surface area contributed by atoms with Crippen LogP contribution in [0.25, 0.3) is 16.7 Å². The molecule has 2 heterocycles. The first-order valence-corrected chi connectivity index (χ1v) is 9.83. The lowest BCUT2D eigenvalue weighted by atomic mass is 10.2. The summed E-state index contributed by atoms with van der Waals surface area (Å²) < 4.78 is 12.7. The van der Waals surface area contributed by atoms with E-state index in [9.17, 15) is 10.1 Å². The third-order valence-electron chi connectivity index (χ3n) is 4.67. The van der Waals surface area contributed by atoms with Crippen LogP contribution in [0, 0.1) is 24.0 Å². The van der Waals surface area contributed by atoms with Gasteiger partial charge in [0.1, 0.15) is 11.5 Å². The number of methoxy groups -OCH3 is 1. The largest absolute Gasteiger partial charge is 0.495 e. The Morgan fingerprint density at radius 2 is 2.03 bits per heavy atom. The van der Waals surface area contributed by atoms with E-state index < -0.39 is 4.92 Å². The predicted octanol–water partition coefficient (Wildman–Crippen LogP) is 4.84. The van der Waals surface area contributed by atoms with Crippen LogP contribution >= 0.6 is 11.8 Å². The molecule has 4 rings (SSSR count). The number of nitrogens with zero attached hydrogens (tertiary/aromatic N) is 4. The summed E-state index contributed by atoms with van der Waals surface area (Å²) in [4.78, 5) is 15.5. The van der Waals surface area contributed by atoms with Gasteiger partial charge in [-0.3, -0.25) is 14.7 Å². The molecule has 4 aromatic rings. The standard InChI is InChI=1S/C20H18N4O4S/c1-12-15(13(2)28-22-12)11-29-20-21-16-10-14(24(25)26)8-9-17(16)23(20)18-6-4-5-7-19(18)27-3/h4-10H,11H2,1-3H3. The zero-order valence-corrected chi connectivity index (χ0v) is 16.9. The number of non-ortho nitro benzene ring substituents is 1. The number of para-hydroxylation sites is 2. The molecule has 0 aliphatic heterocycles. The first-order valence-electron chi connectivity index (χ1n) is 8.84. The van der Waals surface area contributed by atoms with Crippen molar-refractivity contribution in [2.75, 3.05) is 7.11 Å². The van der Waals surface area contributed by atoms with Crippen molar-refractivity contribution >= 4 is 28.5 Å². The van der Waals surface area contributed by atoms with Gasteiger partial charge in [-0.25, -0.2) is 4.98 Å². The second-order valence-corrected chi connectivity index (χ2v) is 7.37. The molecule has 29 heavy (non-hydrogen) atoms. The molecule has 0 saturated heterocycles. The lowest BCUT2D eigenvalue weighted by Gasteiger charge is -2.13. The van der Waals surface area contributed by atoms with E-state index in [1.807, 2.05) is 42.7 Å². The van der Waals surface area contributed by atoms with Crippen molar-refractivity contribution in [3.63, 3.8) is 0 Å². The van der Waals surface area contributed by atoms with Crippen LogP contribution in [0.4, 0.5) is 5.69 Å². The van der Waals surface area contributed by atoms with Crippen molar-refractivity contribution in [2.45, 2.75) is 24.8 Å². The summed E-state index contributed by atoms with van der Waals surface area (Å²) in [5, 5.41) is 15.9. The molecule has 0 aliphatic rings. The summed E-state index contributed by atoms with van der Waals surface area (Å²) in [6.45, 7) is 3.78. The molecular formula is C20H18N4O4S. The Hall–Kier alpha value is -3.33. The molecule has 0 atom stereocenters. The van der Waals surface area contributed by atoms with E-state index in [1.165, 1.54) is 23.9 Å². The lowest BCUT2D eigenvalue weighted by Crippen LogP contribution is -2.00. The number of nitro benzene ring substituents is 1. The van der Waals surface area contributed by atoms with Gasteiger partial charge in [-0.15, -0.1) is 0 Å². The Bertz CT molecular complexity index is 1200. The van der Waals surface area contributed by atoms with Gasteiger partial charge in [0.25, 0.3) is 5.69 Å². The first kappa shape index (κ1) is 19.0. The minimum atomic E-state index is -0.418. The zero-order valence-electron chi connectivity index (χ0n) is 16.1. The van der Waals surface area contributed by atoms with Crippen LogP contribution in [0.2, 0.25) is 0 Å². The molecule has 0 bridgehead atoms. The Kier molecular flexibility index (Phi) is 4.98. The average Bonchev–Trinajstić information content (AvgIpc) is 3.24. The fraction of sp³-hybridized carbons (Fsp3) is 0.200. The molecule has 0 radical (unpaired) electrons. The van der Waals surface area contributed by atoms with E-state index in [0.717, 1.165) is 28.2 Å². The summed E-state index contributed by atoms with van der Waals surface area (Å²) in [6.07, 6.45) is 0. The maximum Gasteiger partial charge on any atom is 0.271 e. The maximum absolute atomic E-state index is 11.2.